The zero-order valence-corrected chi connectivity index (χ0v) is 11.5. The summed E-state index contributed by atoms with van der Waals surface area (Å²) < 4.78 is 0. The number of carboxylic acids is 1. The molecule has 6 heteroatoms. The van der Waals surface area contributed by atoms with Crippen molar-refractivity contribution < 1.29 is 9.90 Å². The van der Waals surface area contributed by atoms with Crippen molar-refractivity contribution in [3.8, 4) is 0 Å². The molecule has 0 atom stereocenters. The molecule has 1 aliphatic heterocycles. The minimum Gasteiger partial charge on any atom is -0.477 e. The Bertz CT molecular complexity index is 458. The van der Waals surface area contributed by atoms with E-state index in [1.165, 1.54) is 18.9 Å². The lowest BCUT2D eigenvalue weighted by molar-refractivity contribution is 0.0690. The van der Waals surface area contributed by atoms with Crippen LogP contribution in [0.1, 0.15) is 29.0 Å². The number of aromatic carboxylic acids is 1. The van der Waals surface area contributed by atoms with E-state index in [1.54, 1.807) is 6.92 Å². The van der Waals surface area contributed by atoms with E-state index >= 15 is 0 Å². The number of aryl methyl sites for hydroxylation is 1. The van der Waals surface area contributed by atoms with Gasteiger partial charge in [-0.05, 0) is 38.9 Å². The van der Waals surface area contributed by atoms with E-state index in [4.69, 9.17) is 5.11 Å². The number of carboxylic acid groups (broad SMARTS) is 1. The predicted molar refractivity (Wildman–Crippen MR) is 72.7 cm³/mol. The number of nitrogens with zero attached hydrogens (tertiary/aromatic N) is 4. The van der Waals surface area contributed by atoms with Gasteiger partial charge in [0.1, 0.15) is 0 Å². The van der Waals surface area contributed by atoms with Gasteiger partial charge in [0.15, 0.2) is 5.69 Å². The average molecular weight is 264 g/mol. The molecule has 0 saturated carbocycles. The van der Waals surface area contributed by atoms with Crippen LogP contribution in [0, 0.1) is 6.92 Å². The first kappa shape index (κ1) is 13.7. The quantitative estimate of drug-likeness (QED) is 0.856. The summed E-state index contributed by atoms with van der Waals surface area (Å²) in [6.45, 7) is 5.87. The lowest BCUT2D eigenvalue weighted by Gasteiger charge is -2.21. The molecule has 0 radical (unpaired) electrons. The van der Waals surface area contributed by atoms with Gasteiger partial charge in [-0.15, -0.1) is 0 Å². The van der Waals surface area contributed by atoms with Crippen LogP contribution in [0.25, 0.3) is 0 Å². The lowest BCUT2D eigenvalue weighted by Crippen LogP contribution is -2.32. The molecule has 0 spiro atoms. The number of hydrogen-bond acceptors (Lipinski definition) is 5. The van der Waals surface area contributed by atoms with Crippen LogP contribution in [-0.4, -0.2) is 59.2 Å². The molecular formula is C13H20N4O2. The van der Waals surface area contributed by atoms with Gasteiger partial charge < -0.3 is 14.9 Å². The number of anilines is 1. The Morgan fingerprint density at radius 1 is 1.42 bits per heavy atom. The fourth-order valence-corrected chi connectivity index (χ4v) is 2.23. The molecule has 19 heavy (non-hydrogen) atoms. The second-order valence-corrected chi connectivity index (χ2v) is 4.97. The molecule has 0 amide bonds. The van der Waals surface area contributed by atoms with Gasteiger partial charge in [0.25, 0.3) is 0 Å². The van der Waals surface area contributed by atoms with E-state index in [9.17, 15) is 4.79 Å². The third kappa shape index (κ3) is 3.64. The molecule has 1 aliphatic rings. The summed E-state index contributed by atoms with van der Waals surface area (Å²) in [5.74, 6) is -0.531. The summed E-state index contributed by atoms with van der Waals surface area (Å²) in [6, 6.07) is 1.49. The molecule has 0 aliphatic carbocycles. The van der Waals surface area contributed by atoms with Crippen LogP contribution in [0.2, 0.25) is 0 Å². The highest BCUT2D eigenvalue weighted by molar-refractivity contribution is 5.85. The first-order valence-electron chi connectivity index (χ1n) is 6.59. The topological polar surface area (TPSA) is 69.6 Å². The molecule has 0 aromatic carbocycles. The average Bonchev–Trinajstić information content (AvgIpc) is 2.88. The van der Waals surface area contributed by atoms with Gasteiger partial charge in [-0.3, -0.25) is 0 Å². The maximum Gasteiger partial charge on any atom is 0.354 e. The maximum absolute atomic E-state index is 11.0. The molecular weight excluding hydrogens is 244 g/mol. The van der Waals surface area contributed by atoms with E-state index < -0.39 is 5.97 Å². The van der Waals surface area contributed by atoms with Crippen molar-refractivity contribution in [3.05, 3.63) is 17.5 Å². The second kappa shape index (κ2) is 5.97. The summed E-state index contributed by atoms with van der Waals surface area (Å²) in [5.41, 5.74) is 0.728. The van der Waals surface area contributed by atoms with E-state index in [0.29, 0.717) is 11.6 Å². The molecule has 1 aromatic rings. The Labute approximate surface area is 113 Å². The van der Waals surface area contributed by atoms with Gasteiger partial charge in [0.2, 0.25) is 5.95 Å². The van der Waals surface area contributed by atoms with Gasteiger partial charge in [-0.1, -0.05) is 0 Å². The maximum atomic E-state index is 11.0. The first-order valence-corrected chi connectivity index (χ1v) is 6.59. The standard InChI is InChI=1S/C13H20N4O2/c1-10-9-11(12(18)19)15-13(14-10)16(2)7-8-17-5-3-4-6-17/h9H,3-8H2,1-2H3,(H,18,19). The molecule has 104 valence electrons. The Kier molecular flexibility index (Phi) is 4.31. The summed E-state index contributed by atoms with van der Waals surface area (Å²) >= 11 is 0. The highest BCUT2D eigenvalue weighted by Gasteiger charge is 2.14. The number of likely N-dealkylation sites (N-methyl/N-ethyl adjacent to an activating group) is 1. The third-order valence-corrected chi connectivity index (χ3v) is 3.35. The molecule has 1 N–H and O–H groups in total. The van der Waals surface area contributed by atoms with Crippen molar-refractivity contribution in [3.63, 3.8) is 0 Å². The number of aromatic nitrogens is 2. The predicted octanol–water partition coefficient (Wildman–Crippen LogP) is 1.02. The fraction of sp³-hybridized carbons (Fsp3) is 0.615. The smallest absolute Gasteiger partial charge is 0.354 e. The van der Waals surface area contributed by atoms with E-state index in [0.717, 1.165) is 26.2 Å². The number of hydrogen-bond donors (Lipinski definition) is 1. The molecule has 1 fully saturated rings. The van der Waals surface area contributed by atoms with Crippen LogP contribution < -0.4 is 4.90 Å². The fourth-order valence-electron chi connectivity index (χ4n) is 2.23. The van der Waals surface area contributed by atoms with Crippen molar-refractivity contribution >= 4 is 11.9 Å². The van der Waals surface area contributed by atoms with Crippen molar-refractivity contribution in [2.45, 2.75) is 19.8 Å². The SMILES string of the molecule is Cc1cc(C(=O)O)nc(N(C)CCN2CCCC2)n1. The molecule has 2 rings (SSSR count). The Morgan fingerprint density at radius 2 is 2.11 bits per heavy atom. The molecule has 0 bridgehead atoms. The summed E-state index contributed by atoms with van der Waals surface area (Å²) in [4.78, 5) is 23.7. The van der Waals surface area contributed by atoms with Gasteiger partial charge >= 0.3 is 5.97 Å². The van der Waals surface area contributed by atoms with Gasteiger partial charge in [-0.2, -0.15) is 0 Å². The highest BCUT2D eigenvalue weighted by Crippen LogP contribution is 2.11. The summed E-state index contributed by atoms with van der Waals surface area (Å²) in [5, 5.41) is 9.00. The van der Waals surface area contributed by atoms with Gasteiger partial charge in [-0.25, -0.2) is 14.8 Å². The monoisotopic (exact) mass is 264 g/mol. The van der Waals surface area contributed by atoms with E-state index in [1.807, 2.05) is 11.9 Å². The third-order valence-electron chi connectivity index (χ3n) is 3.35. The van der Waals surface area contributed by atoms with Crippen molar-refractivity contribution in [1.29, 1.82) is 0 Å². The van der Waals surface area contributed by atoms with Crippen LogP contribution in [0.5, 0.6) is 0 Å². The molecule has 0 unspecified atom stereocenters. The Morgan fingerprint density at radius 3 is 2.74 bits per heavy atom. The van der Waals surface area contributed by atoms with Crippen LogP contribution in [-0.2, 0) is 0 Å². The molecule has 1 aromatic heterocycles. The number of likely N-dealkylation sites (tertiary alicyclic amines) is 1. The van der Waals surface area contributed by atoms with Crippen LogP contribution in [0.15, 0.2) is 6.07 Å². The first-order chi connectivity index (χ1) is 9.06. The van der Waals surface area contributed by atoms with E-state index in [-0.39, 0.29) is 5.69 Å². The van der Waals surface area contributed by atoms with Crippen LogP contribution in [0.3, 0.4) is 0 Å². The minimum atomic E-state index is -1.01. The lowest BCUT2D eigenvalue weighted by atomic mass is 10.3. The van der Waals surface area contributed by atoms with Gasteiger partial charge in [0, 0.05) is 25.8 Å². The van der Waals surface area contributed by atoms with Crippen LogP contribution >= 0.6 is 0 Å². The zero-order chi connectivity index (χ0) is 13.8. The van der Waals surface area contributed by atoms with Crippen molar-refractivity contribution in [1.82, 2.24) is 14.9 Å². The second-order valence-electron chi connectivity index (χ2n) is 4.97. The number of carbonyl (C=O) groups is 1. The Hall–Kier alpha value is -1.69. The summed E-state index contributed by atoms with van der Waals surface area (Å²) in [7, 11) is 1.90. The van der Waals surface area contributed by atoms with Crippen LogP contribution in [0.4, 0.5) is 5.95 Å². The summed E-state index contributed by atoms with van der Waals surface area (Å²) in [6.07, 6.45) is 2.54. The largest absolute Gasteiger partial charge is 0.477 e. The van der Waals surface area contributed by atoms with Crippen molar-refractivity contribution in [2.24, 2.45) is 0 Å². The molecule has 1 saturated heterocycles. The Balaban J connectivity index is 2.01. The van der Waals surface area contributed by atoms with Crippen molar-refractivity contribution in [2.75, 3.05) is 38.1 Å². The van der Waals surface area contributed by atoms with Gasteiger partial charge in [0.05, 0.1) is 0 Å². The highest BCUT2D eigenvalue weighted by atomic mass is 16.4. The zero-order valence-electron chi connectivity index (χ0n) is 11.5. The molecule has 6 nitrogen and oxygen atoms in total. The minimum absolute atomic E-state index is 0.0514. The van der Waals surface area contributed by atoms with E-state index in [2.05, 4.69) is 14.9 Å². The molecule has 2 heterocycles. The normalized spacial score (nSPS) is 15.7. The number of rotatable bonds is 5.